The molecular formula is C19H21N5O2S. The molecule has 2 bridgehead atoms. The van der Waals surface area contributed by atoms with Gasteiger partial charge in [-0.15, -0.1) is 5.10 Å². The highest BCUT2D eigenvalue weighted by Crippen LogP contribution is 2.38. The molecule has 2 saturated heterocycles. The van der Waals surface area contributed by atoms with Gasteiger partial charge in [-0.1, -0.05) is 16.4 Å². The summed E-state index contributed by atoms with van der Waals surface area (Å²) in [6.45, 7) is 0. The van der Waals surface area contributed by atoms with E-state index in [-0.39, 0.29) is 11.9 Å². The van der Waals surface area contributed by atoms with Gasteiger partial charge in [-0.2, -0.15) is 0 Å². The Morgan fingerprint density at radius 3 is 2.70 bits per heavy atom. The molecule has 2 aliphatic heterocycles. The molecule has 2 aromatic heterocycles. The van der Waals surface area contributed by atoms with E-state index in [1.54, 1.807) is 18.6 Å². The van der Waals surface area contributed by atoms with Gasteiger partial charge in [0, 0.05) is 30.5 Å². The molecule has 8 heteroatoms. The Bertz CT molecular complexity index is 927. The van der Waals surface area contributed by atoms with E-state index >= 15 is 0 Å². The quantitative estimate of drug-likeness (QED) is 0.746. The van der Waals surface area contributed by atoms with Crippen molar-refractivity contribution < 1.29 is 9.84 Å². The molecule has 3 aromatic rings. The van der Waals surface area contributed by atoms with Crippen molar-refractivity contribution in [3.05, 3.63) is 36.9 Å². The SMILES string of the molecule is CN1[C@@H]2CC[C@H]1CC(Oc1nnc(-c3ccc(-n4ccnc4)cc3O)s1)C2. The zero-order chi connectivity index (χ0) is 18.4. The van der Waals surface area contributed by atoms with Crippen LogP contribution in [0.1, 0.15) is 25.7 Å². The summed E-state index contributed by atoms with van der Waals surface area (Å²) < 4.78 is 7.97. The van der Waals surface area contributed by atoms with Crippen molar-refractivity contribution in [1.82, 2.24) is 24.6 Å². The minimum atomic E-state index is 0.168. The Kier molecular flexibility index (Phi) is 4.09. The number of ether oxygens (including phenoxy) is 1. The molecule has 2 aliphatic rings. The number of aromatic nitrogens is 4. The Hall–Kier alpha value is -2.45. The maximum atomic E-state index is 10.4. The number of phenolic OH excluding ortho intramolecular Hbond substituents is 1. The summed E-state index contributed by atoms with van der Waals surface area (Å²) >= 11 is 1.38. The molecule has 7 nitrogen and oxygen atoms in total. The molecule has 0 amide bonds. The second-order valence-corrected chi connectivity index (χ2v) is 8.25. The number of phenols is 1. The van der Waals surface area contributed by atoms with E-state index in [2.05, 4.69) is 27.1 Å². The minimum Gasteiger partial charge on any atom is -0.507 e. The zero-order valence-corrected chi connectivity index (χ0v) is 15.8. The molecule has 4 heterocycles. The van der Waals surface area contributed by atoms with Gasteiger partial charge in [0.05, 0.1) is 17.6 Å². The second-order valence-electron chi connectivity index (χ2n) is 7.31. The van der Waals surface area contributed by atoms with E-state index in [9.17, 15) is 5.11 Å². The van der Waals surface area contributed by atoms with Crippen LogP contribution >= 0.6 is 11.3 Å². The fourth-order valence-corrected chi connectivity index (χ4v) is 5.04. The molecule has 1 unspecified atom stereocenters. The lowest BCUT2D eigenvalue weighted by atomic mass is 10.0. The third-order valence-electron chi connectivity index (χ3n) is 5.74. The molecule has 140 valence electrons. The van der Waals surface area contributed by atoms with Gasteiger partial charge >= 0.3 is 0 Å². The Labute approximate surface area is 161 Å². The van der Waals surface area contributed by atoms with Crippen LogP contribution in [0.2, 0.25) is 0 Å². The van der Waals surface area contributed by atoms with E-state index < -0.39 is 0 Å². The van der Waals surface area contributed by atoms with Crippen LogP contribution in [0, 0.1) is 0 Å². The normalized spacial score (nSPS) is 25.0. The molecule has 5 rings (SSSR count). The highest BCUT2D eigenvalue weighted by Gasteiger charge is 2.39. The van der Waals surface area contributed by atoms with Crippen LogP contribution in [-0.4, -0.2) is 55.0 Å². The number of nitrogens with zero attached hydrogens (tertiary/aromatic N) is 5. The number of piperidine rings is 1. The molecule has 0 aliphatic carbocycles. The van der Waals surface area contributed by atoms with Gasteiger partial charge in [-0.05, 0) is 44.9 Å². The molecule has 2 fully saturated rings. The molecule has 27 heavy (non-hydrogen) atoms. The van der Waals surface area contributed by atoms with Crippen LogP contribution in [0.3, 0.4) is 0 Å². The van der Waals surface area contributed by atoms with E-state index in [0.717, 1.165) is 18.5 Å². The largest absolute Gasteiger partial charge is 0.507 e. The van der Waals surface area contributed by atoms with Crippen molar-refractivity contribution in [2.75, 3.05) is 7.05 Å². The number of benzene rings is 1. The first-order chi connectivity index (χ1) is 13.2. The van der Waals surface area contributed by atoms with Crippen LogP contribution in [0.15, 0.2) is 36.9 Å². The van der Waals surface area contributed by atoms with Crippen molar-refractivity contribution in [2.45, 2.75) is 43.9 Å². The topological polar surface area (TPSA) is 76.3 Å². The lowest BCUT2D eigenvalue weighted by Crippen LogP contribution is -2.43. The summed E-state index contributed by atoms with van der Waals surface area (Å²) in [6, 6.07) is 6.73. The van der Waals surface area contributed by atoms with E-state index in [1.807, 2.05) is 22.9 Å². The molecule has 1 N–H and O–H groups in total. The number of hydrogen-bond donors (Lipinski definition) is 1. The third kappa shape index (κ3) is 3.08. The van der Waals surface area contributed by atoms with Gasteiger partial charge in [0.1, 0.15) is 11.9 Å². The molecule has 0 spiro atoms. The fourth-order valence-electron chi connectivity index (χ4n) is 4.24. The number of imidazole rings is 1. The van der Waals surface area contributed by atoms with Gasteiger partial charge in [-0.3, -0.25) is 0 Å². The average molecular weight is 383 g/mol. The van der Waals surface area contributed by atoms with Gasteiger partial charge in [-0.25, -0.2) is 4.98 Å². The van der Waals surface area contributed by atoms with Crippen molar-refractivity contribution >= 4 is 11.3 Å². The van der Waals surface area contributed by atoms with Gasteiger partial charge in [0.25, 0.3) is 5.19 Å². The van der Waals surface area contributed by atoms with E-state index in [1.165, 1.54) is 24.2 Å². The first-order valence-corrected chi connectivity index (χ1v) is 10.0. The highest BCUT2D eigenvalue weighted by molar-refractivity contribution is 7.16. The van der Waals surface area contributed by atoms with Crippen molar-refractivity contribution in [2.24, 2.45) is 0 Å². The molecule has 1 aromatic carbocycles. The third-order valence-corrected chi connectivity index (χ3v) is 6.59. The first kappa shape index (κ1) is 16.7. The number of fused-ring (bicyclic) bond motifs is 2. The van der Waals surface area contributed by atoms with Crippen molar-refractivity contribution in [3.63, 3.8) is 0 Å². The van der Waals surface area contributed by atoms with Gasteiger partial charge < -0.3 is 19.3 Å². The predicted octanol–water partition coefficient (Wildman–Crippen LogP) is 3.10. The number of hydrogen-bond acceptors (Lipinski definition) is 7. The summed E-state index contributed by atoms with van der Waals surface area (Å²) in [5, 5.41) is 20.1. The Morgan fingerprint density at radius 2 is 2.00 bits per heavy atom. The Morgan fingerprint density at radius 1 is 1.19 bits per heavy atom. The summed E-state index contributed by atoms with van der Waals surface area (Å²) in [7, 11) is 2.22. The van der Waals surface area contributed by atoms with E-state index in [4.69, 9.17) is 4.74 Å². The number of rotatable bonds is 4. The molecule has 0 radical (unpaired) electrons. The zero-order valence-electron chi connectivity index (χ0n) is 15.0. The summed E-state index contributed by atoms with van der Waals surface area (Å²) in [5.74, 6) is 0.168. The van der Waals surface area contributed by atoms with Crippen LogP contribution in [-0.2, 0) is 0 Å². The maximum Gasteiger partial charge on any atom is 0.294 e. The summed E-state index contributed by atoms with van der Waals surface area (Å²) in [5.41, 5.74) is 1.51. The van der Waals surface area contributed by atoms with Gasteiger partial charge in [0.2, 0.25) is 0 Å². The van der Waals surface area contributed by atoms with Crippen LogP contribution in [0.25, 0.3) is 16.3 Å². The van der Waals surface area contributed by atoms with Crippen molar-refractivity contribution in [1.29, 1.82) is 0 Å². The molecular weight excluding hydrogens is 362 g/mol. The minimum absolute atomic E-state index is 0.168. The standard InChI is InChI=1S/C19H21N5O2S/c1-23-12-2-3-13(23)9-15(8-12)26-19-22-21-18(27-19)16-5-4-14(10-17(16)25)24-7-6-20-11-24/h4-7,10-13,15,25H,2-3,8-9H2,1H3/t12-,13+,15?. The van der Waals surface area contributed by atoms with Crippen LogP contribution in [0.5, 0.6) is 10.9 Å². The van der Waals surface area contributed by atoms with E-state index in [0.29, 0.717) is 27.8 Å². The first-order valence-electron chi connectivity index (χ1n) is 9.21. The van der Waals surface area contributed by atoms with Gasteiger partial charge in [0.15, 0.2) is 5.01 Å². The van der Waals surface area contributed by atoms with Crippen LogP contribution < -0.4 is 4.74 Å². The summed E-state index contributed by atoms with van der Waals surface area (Å²) in [4.78, 5) is 6.52. The molecule has 0 saturated carbocycles. The average Bonchev–Trinajstić information content (AvgIpc) is 3.37. The lowest BCUT2D eigenvalue weighted by Gasteiger charge is -2.35. The monoisotopic (exact) mass is 383 g/mol. The fraction of sp³-hybridized carbons (Fsp3) is 0.421. The second kappa shape index (κ2) is 6.61. The number of aromatic hydroxyl groups is 1. The lowest BCUT2D eigenvalue weighted by molar-refractivity contribution is 0.0655. The highest BCUT2D eigenvalue weighted by atomic mass is 32.1. The predicted molar refractivity (Wildman–Crippen MR) is 102 cm³/mol. The Balaban J connectivity index is 1.32. The smallest absolute Gasteiger partial charge is 0.294 e. The maximum absolute atomic E-state index is 10.4. The van der Waals surface area contributed by atoms with Crippen LogP contribution in [0.4, 0.5) is 0 Å². The summed E-state index contributed by atoms with van der Waals surface area (Å²) in [6.07, 6.45) is 10.1. The molecule has 3 atom stereocenters. The van der Waals surface area contributed by atoms with Crippen molar-refractivity contribution in [3.8, 4) is 27.2 Å².